The van der Waals surface area contributed by atoms with Crippen LogP contribution in [0.2, 0.25) is 0 Å². The van der Waals surface area contributed by atoms with E-state index in [1.165, 1.54) is 18.4 Å². The summed E-state index contributed by atoms with van der Waals surface area (Å²) in [6, 6.07) is 10.4. The third-order valence-electron chi connectivity index (χ3n) is 5.06. The van der Waals surface area contributed by atoms with Gasteiger partial charge in [-0.05, 0) is 18.4 Å². The molecule has 1 saturated heterocycles. The van der Waals surface area contributed by atoms with Gasteiger partial charge in [0, 0.05) is 12.7 Å². The molecular formula is C19H23N3O2. The second-order valence-corrected chi connectivity index (χ2v) is 6.67. The van der Waals surface area contributed by atoms with Crippen LogP contribution in [0.4, 0.5) is 0 Å². The van der Waals surface area contributed by atoms with Gasteiger partial charge in [-0.25, -0.2) is 0 Å². The molecule has 1 aromatic carbocycles. The predicted molar refractivity (Wildman–Crippen MR) is 90.8 cm³/mol. The van der Waals surface area contributed by atoms with E-state index in [0.29, 0.717) is 25.3 Å². The summed E-state index contributed by atoms with van der Waals surface area (Å²) in [5.41, 5.74) is 1.86. The smallest absolute Gasteiger partial charge is 0.257 e. The van der Waals surface area contributed by atoms with Crippen LogP contribution in [0.5, 0.6) is 0 Å². The van der Waals surface area contributed by atoms with E-state index in [9.17, 15) is 4.79 Å². The molecule has 1 aliphatic carbocycles. The van der Waals surface area contributed by atoms with Crippen molar-refractivity contribution in [1.82, 2.24) is 14.7 Å². The molecule has 2 aromatic rings. The van der Waals surface area contributed by atoms with Gasteiger partial charge in [0.2, 0.25) is 0 Å². The predicted octanol–water partition coefficient (Wildman–Crippen LogP) is 2.72. The summed E-state index contributed by atoms with van der Waals surface area (Å²) in [5, 5.41) is 4.37. The first-order valence-electron chi connectivity index (χ1n) is 8.80. The molecule has 2 fully saturated rings. The number of ether oxygens (including phenoxy) is 1. The fourth-order valence-electron chi connectivity index (χ4n) is 3.85. The number of hydrogen-bond acceptors (Lipinski definition) is 3. The van der Waals surface area contributed by atoms with Crippen LogP contribution in [0, 0.1) is 0 Å². The molecule has 1 aliphatic heterocycles. The quantitative estimate of drug-likeness (QED) is 0.872. The number of fused-ring (bicyclic) bond motifs is 1. The SMILES string of the molecule is O=C(c1cnn(Cc2ccccc2)c1)N1CCO[C@H]2CCCC[C@H]21. The van der Waals surface area contributed by atoms with Gasteiger partial charge in [0.1, 0.15) is 0 Å². The number of nitrogens with zero attached hydrogens (tertiary/aromatic N) is 3. The fraction of sp³-hybridized carbons (Fsp3) is 0.474. The van der Waals surface area contributed by atoms with Gasteiger partial charge in [-0.15, -0.1) is 0 Å². The average molecular weight is 325 g/mol. The van der Waals surface area contributed by atoms with Gasteiger partial charge in [-0.3, -0.25) is 9.48 Å². The number of morpholine rings is 1. The number of carbonyl (C=O) groups excluding carboxylic acids is 1. The topological polar surface area (TPSA) is 47.4 Å². The van der Waals surface area contributed by atoms with Crippen molar-refractivity contribution < 1.29 is 9.53 Å². The molecule has 0 spiro atoms. The van der Waals surface area contributed by atoms with Gasteiger partial charge in [-0.1, -0.05) is 43.2 Å². The monoisotopic (exact) mass is 325 g/mol. The highest BCUT2D eigenvalue weighted by Crippen LogP contribution is 2.29. The van der Waals surface area contributed by atoms with Crippen molar-refractivity contribution >= 4 is 5.91 Å². The normalized spacial score (nSPS) is 23.8. The third kappa shape index (κ3) is 3.08. The Morgan fingerprint density at radius 3 is 2.92 bits per heavy atom. The molecule has 0 radical (unpaired) electrons. The summed E-state index contributed by atoms with van der Waals surface area (Å²) in [4.78, 5) is 14.9. The first kappa shape index (κ1) is 15.4. The van der Waals surface area contributed by atoms with E-state index < -0.39 is 0 Å². The van der Waals surface area contributed by atoms with Crippen LogP contribution in [0.25, 0.3) is 0 Å². The Morgan fingerprint density at radius 1 is 1.21 bits per heavy atom. The van der Waals surface area contributed by atoms with Gasteiger partial charge in [0.25, 0.3) is 5.91 Å². The van der Waals surface area contributed by atoms with E-state index in [2.05, 4.69) is 17.2 Å². The molecule has 24 heavy (non-hydrogen) atoms. The van der Waals surface area contributed by atoms with Gasteiger partial charge in [-0.2, -0.15) is 5.10 Å². The number of hydrogen-bond donors (Lipinski definition) is 0. The van der Waals surface area contributed by atoms with Crippen molar-refractivity contribution in [2.24, 2.45) is 0 Å². The van der Waals surface area contributed by atoms with Crippen LogP contribution in [-0.4, -0.2) is 45.9 Å². The Bertz CT molecular complexity index is 696. The summed E-state index contributed by atoms with van der Waals surface area (Å²) in [6.07, 6.45) is 8.29. The summed E-state index contributed by atoms with van der Waals surface area (Å²) in [6.45, 7) is 2.01. The van der Waals surface area contributed by atoms with E-state index in [4.69, 9.17) is 4.74 Å². The largest absolute Gasteiger partial charge is 0.374 e. The van der Waals surface area contributed by atoms with Crippen molar-refractivity contribution in [3.8, 4) is 0 Å². The van der Waals surface area contributed by atoms with Crippen LogP contribution in [-0.2, 0) is 11.3 Å². The van der Waals surface area contributed by atoms with E-state index in [1.807, 2.05) is 34.0 Å². The standard InChI is InChI=1S/C19H23N3O2/c23-19(22-10-11-24-18-9-5-4-8-17(18)22)16-12-20-21(14-16)13-15-6-2-1-3-7-15/h1-3,6-7,12,14,17-18H,4-5,8-11,13H2/t17-,18+/m1/s1. The molecule has 2 aliphatic rings. The van der Waals surface area contributed by atoms with E-state index >= 15 is 0 Å². The lowest BCUT2D eigenvalue weighted by molar-refractivity contribution is -0.0752. The lowest BCUT2D eigenvalue weighted by atomic mass is 9.90. The molecule has 1 amide bonds. The second-order valence-electron chi connectivity index (χ2n) is 6.67. The van der Waals surface area contributed by atoms with Gasteiger partial charge in [0.15, 0.2) is 0 Å². The minimum atomic E-state index is 0.0921. The zero-order valence-corrected chi connectivity index (χ0v) is 13.8. The summed E-state index contributed by atoms with van der Waals surface area (Å²) >= 11 is 0. The maximum absolute atomic E-state index is 12.9. The minimum Gasteiger partial charge on any atom is -0.374 e. The van der Waals surface area contributed by atoms with Crippen molar-refractivity contribution in [3.63, 3.8) is 0 Å². The molecule has 0 N–H and O–H groups in total. The van der Waals surface area contributed by atoms with Crippen LogP contribution in [0.3, 0.4) is 0 Å². The van der Waals surface area contributed by atoms with Crippen molar-refractivity contribution in [3.05, 3.63) is 53.9 Å². The molecule has 5 heteroatoms. The number of amides is 1. The lowest BCUT2D eigenvalue weighted by Gasteiger charge is -2.43. The Kier molecular flexibility index (Phi) is 4.34. The molecule has 5 nitrogen and oxygen atoms in total. The Morgan fingerprint density at radius 2 is 2.04 bits per heavy atom. The summed E-state index contributed by atoms with van der Waals surface area (Å²) < 4.78 is 7.70. The molecule has 0 unspecified atom stereocenters. The Hall–Kier alpha value is -2.14. The Balaban J connectivity index is 1.48. The minimum absolute atomic E-state index is 0.0921. The first-order valence-corrected chi connectivity index (χ1v) is 8.80. The van der Waals surface area contributed by atoms with Crippen molar-refractivity contribution in [2.75, 3.05) is 13.2 Å². The number of carbonyl (C=O) groups is 1. The van der Waals surface area contributed by atoms with Gasteiger partial charge < -0.3 is 9.64 Å². The zero-order valence-electron chi connectivity index (χ0n) is 13.8. The number of aromatic nitrogens is 2. The average Bonchev–Trinajstić information content (AvgIpc) is 3.10. The van der Waals surface area contributed by atoms with E-state index in [0.717, 1.165) is 12.8 Å². The van der Waals surface area contributed by atoms with Gasteiger partial charge in [0.05, 0.1) is 37.1 Å². The van der Waals surface area contributed by atoms with Crippen molar-refractivity contribution in [2.45, 2.75) is 44.4 Å². The summed E-state index contributed by atoms with van der Waals surface area (Å²) in [7, 11) is 0. The van der Waals surface area contributed by atoms with E-state index in [-0.39, 0.29) is 18.1 Å². The molecule has 1 saturated carbocycles. The molecule has 2 atom stereocenters. The highest BCUT2D eigenvalue weighted by atomic mass is 16.5. The third-order valence-corrected chi connectivity index (χ3v) is 5.06. The van der Waals surface area contributed by atoms with E-state index in [1.54, 1.807) is 6.20 Å². The summed E-state index contributed by atoms with van der Waals surface area (Å²) in [5.74, 6) is 0.0921. The maximum Gasteiger partial charge on any atom is 0.257 e. The van der Waals surface area contributed by atoms with Crippen LogP contribution >= 0.6 is 0 Å². The lowest BCUT2D eigenvalue weighted by Crippen LogP contribution is -2.54. The maximum atomic E-state index is 12.9. The molecule has 126 valence electrons. The fourth-order valence-corrected chi connectivity index (χ4v) is 3.85. The van der Waals surface area contributed by atoms with Crippen molar-refractivity contribution in [1.29, 1.82) is 0 Å². The molecule has 2 heterocycles. The van der Waals surface area contributed by atoms with Crippen LogP contribution in [0.1, 0.15) is 41.6 Å². The number of benzene rings is 1. The second kappa shape index (κ2) is 6.77. The Labute approximate surface area is 142 Å². The van der Waals surface area contributed by atoms with Crippen LogP contribution < -0.4 is 0 Å². The highest BCUT2D eigenvalue weighted by Gasteiger charge is 2.37. The molecule has 4 rings (SSSR count). The first-order chi connectivity index (χ1) is 11.8. The molecular weight excluding hydrogens is 302 g/mol. The van der Waals surface area contributed by atoms with Gasteiger partial charge >= 0.3 is 0 Å². The number of rotatable bonds is 3. The molecule has 1 aromatic heterocycles. The zero-order chi connectivity index (χ0) is 16.4. The molecule has 0 bridgehead atoms. The van der Waals surface area contributed by atoms with Crippen LogP contribution in [0.15, 0.2) is 42.7 Å². The highest BCUT2D eigenvalue weighted by molar-refractivity contribution is 5.94.